The van der Waals surface area contributed by atoms with Crippen molar-refractivity contribution in [3.05, 3.63) is 60.4 Å². The van der Waals surface area contributed by atoms with E-state index < -0.39 is 6.09 Å². The van der Waals surface area contributed by atoms with Gasteiger partial charge in [-0.25, -0.2) is 4.79 Å². The summed E-state index contributed by atoms with van der Waals surface area (Å²) in [6.07, 6.45) is 4.18. The topological polar surface area (TPSA) is 71.5 Å². The van der Waals surface area contributed by atoms with Gasteiger partial charge < -0.3 is 15.0 Å². The monoisotopic (exact) mass is 325 g/mol. The Morgan fingerprint density at radius 2 is 1.71 bits per heavy atom. The molecule has 1 aliphatic heterocycles. The third-order valence-electron chi connectivity index (χ3n) is 3.99. The molecule has 1 saturated heterocycles. The van der Waals surface area contributed by atoms with Crippen molar-refractivity contribution in [1.29, 1.82) is 0 Å². The molecular formula is C18H19N3O3. The second-order valence-electron chi connectivity index (χ2n) is 5.65. The van der Waals surface area contributed by atoms with Gasteiger partial charge in [-0.3, -0.25) is 9.78 Å². The molecule has 0 bridgehead atoms. The Labute approximate surface area is 140 Å². The van der Waals surface area contributed by atoms with E-state index >= 15 is 0 Å². The summed E-state index contributed by atoms with van der Waals surface area (Å²) in [5.41, 5.74) is 0.639. The maximum Gasteiger partial charge on any atom is 0.412 e. The van der Waals surface area contributed by atoms with Gasteiger partial charge in [-0.2, -0.15) is 0 Å². The summed E-state index contributed by atoms with van der Waals surface area (Å²) in [5, 5.41) is 2.86. The fourth-order valence-corrected chi connectivity index (χ4v) is 2.70. The van der Waals surface area contributed by atoms with Gasteiger partial charge in [0.2, 0.25) is 0 Å². The first-order valence-electron chi connectivity index (χ1n) is 7.95. The molecule has 2 aromatic rings. The summed E-state index contributed by atoms with van der Waals surface area (Å²) in [6, 6.07) is 12.4. The van der Waals surface area contributed by atoms with Crippen molar-refractivity contribution < 1.29 is 14.3 Å². The van der Waals surface area contributed by atoms with E-state index in [-0.39, 0.29) is 11.9 Å². The van der Waals surface area contributed by atoms with Crippen LogP contribution >= 0.6 is 0 Å². The number of piperidine rings is 1. The highest BCUT2D eigenvalue weighted by Gasteiger charge is 2.25. The molecule has 2 heterocycles. The van der Waals surface area contributed by atoms with Gasteiger partial charge in [-0.05, 0) is 37.1 Å². The SMILES string of the molecule is O=C(NC1CCN(C(=O)c2ccncc2)CC1)Oc1ccccc1. The summed E-state index contributed by atoms with van der Waals surface area (Å²) in [4.78, 5) is 30.0. The van der Waals surface area contributed by atoms with Crippen LogP contribution in [-0.2, 0) is 0 Å². The number of hydrogen-bond acceptors (Lipinski definition) is 4. The number of aromatic nitrogens is 1. The Morgan fingerprint density at radius 1 is 1.04 bits per heavy atom. The number of nitrogens with one attached hydrogen (secondary N) is 1. The summed E-state index contributed by atoms with van der Waals surface area (Å²) in [6.45, 7) is 1.22. The van der Waals surface area contributed by atoms with Crippen LogP contribution in [0.15, 0.2) is 54.9 Å². The zero-order valence-electron chi connectivity index (χ0n) is 13.2. The van der Waals surface area contributed by atoms with Crippen LogP contribution in [0.4, 0.5) is 4.79 Å². The Kier molecular flexibility index (Phi) is 5.05. The van der Waals surface area contributed by atoms with Gasteiger partial charge in [-0.15, -0.1) is 0 Å². The number of rotatable bonds is 3. The smallest absolute Gasteiger partial charge is 0.410 e. The molecule has 0 atom stereocenters. The maximum atomic E-state index is 12.4. The Morgan fingerprint density at radius 3 is 2.38 bits per heavy atom. The normalized spacial score (nSPS) is 14.9. The molecule has 1 aliphatic rings. The average Bonchev–Trinajstić information content (AvgIpc) is 2.63. The largest absolute Gasteiger partial charge is 0.412 e. The second kappa shape index (κ2) is 7.59. The maximum absolute atomic E-state index is 12.4. The van der Waals surface area contributed by atoms with E-state index in [0.29, 0.717) is 37.2 Å². The molecule has 1 N–H and O–H groups in total. The van der Waals surface area contributed by atoms with Crippen LogP contribution in [-0.4, -0.2) is 41.0 Å². The van der Waals surface area contributed by atoms with Crippen molar-refractivity contribution in [2.24, 2.45) is 0 Å². The lowest BCUT2D eigenvalue weighted by Gasteiger charge is -2.32. The molecule has 0 unspecified atom stereocenters. The number of nitrogens with zero attached hydrogens (tertiary/aromatic N) is 2. The Bertz CT molecular complexity index is 683. The van der Waals surface area contributed by atoms with Crippen molar-refractivity contribution in [2.45, 2.75) is 18.9 Å². The highest BCUT2D eigenvalue weighted by molar-refractivity contribution is 5.94. The van der Waals surface area contributed by atoms with Crippen molar-refractivity contribution in [2.75, 3.05) is 13.1 Å². The third kappa shape index (κ3) is 4.10. The first kappa shape index (κ1) is 16.0. The van der Waals surface area contributed by atoms with Crippen LogP contribution in [0.25, 0.3) is 0 Å². The number of carbonyl (C=O) groups excluding carboxylic acids is 2. The van der Waals surface area contributed by atoms with Crippen LogP contribution in [0.3, 0.4) is 0 Å². The lowest BCUT2D eigenvalue weighted by molar-refractivity contribution is 0.0706. The number of ether oxygens (including phenoxy) is 1. The van der Waals surface area contributed by atoms with Gasteiger partial charge in [0.25, 0.3) is 5.91 Å². The fourth-order valence-electron chi connectivity index (χ4n) is 2.70. The number of hydrogen-bond donors (Lipinski definition) is 1. The lowest BCUT2D eigenvalue weighted by atomic mass is 10.0. The van der Waals surface area contributed by atoms with Crippen LogP contribution < -0.4 is 10.1 Å². The Balaban J connectivity index is 1.47. The van der Waals surface area contributed by atoms with Crippen LogP contribution in [0.1, 0.15) is 23.2 Å². The van der Waals surface area contributed by atoms with E-state index in [2.05, 4.69) is 10.3 Å². The van der Waals surface area contributed by atoms with E-state index in [1.165, 1.54) is 0 Å². The van der Waals surface area contributed by atoms with E-state index in [4.69, 9.17) is 4.74 Å². The molecule has 1 aromatic heterocycles. The van der Waals surface area contributed by atoms with E-state index in [1.807, 2.05) is 18.2 Å². The van der Waals surface area contributed by atoms with Gasteiger partial charge in [0.15, 0.2) is 0 Å². The Hall–Kier alpha value is -2.89. The van der Waals surface area contributed by atoms with Crippen molar-refractivity contribution in [3.63, 3.8) is 0 Å². The first-order valence-corrected chi connectivity index (χ1v) is 7.95. The molecule has 6 heteroatoms. The second-order valence-corrected chi connectivity index (χ2v) is 5.65. The minimum Gasteiger partial charge on any atom is -0.410 e. The van der Waals surface area contributed by atoms with Crippen LogP contribution in [0.5, 0.6) is 5.75 Å². The fraction of sp³-hybridized carbons (Fsp3) is 0.278. The van der Waals surface area contributed by atoms with Gasteiger partial charge in [0.1, 0.15) is 5.75 Å². The van der Waals surface area contributed by atoms with Gasteiger partial charge in [0, 0.05) is 37.1 Å². The quantitative estimate of drug-likeness (QED) is 0.941. The van der Waals surface area contributed by atoms with E-state index in [9.17, 15) is 9.59 Å². The number of pyridine rings is 1. The molecule has 0 saturated carbocycles. The predicted molar refractivity (Wildman–Crippen MR) is 88.8 cm³/mol. The summed E-state index contributed by atoms with van der Waals surface area (Å²) in [5.74, 6) is 0.517. The number of benzene rings is 1. The lowest BCUT2D eigenvalue weighted by Crippen LogP contribution is -2.47. The zero-order valence-corrected chi connectivity index (χ0v) is 13.2. The number of amides is 2. The highest BCUT2D eigenvalue weighted by Crippen LogP contribution is 2.14. The van der Waals surface area contributed by atoms with Gasteiger partial charge in [0.05, 0.1) is 0 Å². The minimum absolute atomic E-state index is 0.00251. The summed E-state index contributed by atoms with van der Waals surface area (Å²) >= 11 is 0. The molecule has 2 amide bonds. The number of carbonyl (C=O) groups is 2. The minimum atomic E-state index is -0.458. The molecule has 0 radical (unpaired) electrons. The van der Waals surface area contributed by atoms with E-state index in [1.54, 1.807) is 41.6 Å². The van der Waals surface area contributed by atoms with Crippen molar-refractivity contribution in [1.82, 2.24) is 15.2 Å². The molecular weight excluding hydrogens is 306 g/mol. The third-order valence-corrected chi connectivity index (χ3v) is 3.99. The molecule has 0 spiro atoms. The zero-order chi connectivity index (χ0) is 16.8. The molecule has 0 aliphatic carbocycles. The molecule has 1 fully saturated rings. The summed E-state index contributed by atoms with van der Waals surface area (Å²) < 4.78 is 5.22. The molecule has 124 valence electrons. The van der Waals surface area contributed by atoms with E-state index in [0.717, 1.165) is 0 Å². The van der Waals surface area contributed by atoms with Gasteiger partial charge >= 0.3 is 6.09 Å². The summed E-state index contributed by atoms with van der Waals surface area (Å²) in [7, 11) is 0. The molecule has 1 aromatic carbocycles. The first-order chi connectivity index (χ1) is 11.7. The standard InChI is InChI=1S/C18H19N3O3/c22-17(14-6-10-19-11-7-14)21-12-8-15(9-13-21)20-18(23)24-16-4-2-1-3-5-16/h1-7,10-11,15H,8-9,12-13H2,(H,20,23). The highest BCUT2D eigenvalue weighted by atomic mass is 16.6. The van der Waals surface area contributed by atoms with Crippen molar-refractivity contribution >= 4 is 12.0 Å². The molecule has 3 rings (SSSR count). The number of likely N-dealkylation sites (tertiary alicyclic amines) is 1. The van der Waals surface area contributed by atoms with Crippen LogP contribution in [0.2, 0.25) is 0 Å². The number of para-hydroxylation sites is 1. The molecule has 6 nitrogen and oxygen atoms in total. The molecule has 24 heavy (non-hydrogen) atoms. The van der Waals surface area contributed by atoms with Gasteiger partial charge in [-0.1, -0.05) is 18.2 Å². The van der Waals surface area contributed by atoms with Crippen molar-refractivity contribution in [3.8, 4) is 5.75 Å². The average molecular weight is 325 g/mol. The predicted octanol–water partition coefficient (Wildman–Crippen LogP) is 2.47. The van der Waals surface area contributed by atoms with Crippen LogP contribution in [0, 0.1) is 0 Å².